The lowest BCUT2D eigenvalue weighted by atomic mass is 10.1. The van der Waals surface area contributed by atoms with Gasteiger partial charge in [0.2, 0.25) is 0 Å². The zero-order valence-corrected chi connectivity index (χ0v) is 11.2. The van der Waals surface area contributed by atoms with Crippen LogP contribution in [0.3, 0.4) is 0 Å². The Labute approximate surface area is 109 Å². The van der Waals surface area contributed by atoms with Crippen molar-refractivity contribution >= 4 is 16.2 Å². The fourth-order valence-electron chi connectivity index (χ4n) is 1.66. The lowest BCUT2D eigenvalue weighted by Gasteiger charge is -2.32. The Balaban J connectivity index is 0.00000289. The molecular weight excluding hydrogens is 258 g/mol. The number of hydrogen-bond acceptors (Lipinski definition) is 4. The van der Waals surface area contributed by atoms with Gasteiger partial charge < -0.3 is 9.64 Å². The van der Waals surface area contributed by atoms with Crippen LogP contribution in [0, 0.1) is 0 Å². The largest absolute Gasteiger partial charge is 0.444 e. The predicted octanol–water partition coefficient (Wildman–Crippen LogP) is 1.91. The molecule has 0 saturated carbocycles. The van der Waals surface area contributed by atoms with Crippen molar-refractivity contribution in [2.45, 2.75) is 51.9 Å². The minimum Gasteiger partial charge on any atom is -0.444 e. The summed E-state index contributed by atoms with van der Waals surface area (Å²) in [7, 11) is -3.99. The molecule has 1 N–H and O–H groups in total. The van der Waals surface area contributed by atoms with Crippen LogP contribution in [0.4, 0.5) is 4.79 Å². The van der Waals surface area contributed by atoms with Crippen LogP contribution in [0.2, 0.25) is 0 Å². The maximum Gasteiger partial charge on any atom is 0.410 e. The van der Waals surface area contributed by atoms with E-state index >= 15 is 0 Å². The van der Waals surface area contributed by atoms with Gasteiger partial charge in [-0.15, -0.1) is 0 Å². The highest BCUT2D eigenvalue weighted by Gasteiger charge is 2.31. The highest BCUT2D eigenvalue weighted by atomic mass is 32.2. The fraction of sp³-hybridized carbons (Fsp3) is 0.909. The molecule has 0 aromatic rings. The Kier molecular flexibility index (Phi) is 5.61. The summed E-state index contributed by atoms with van der Waals surface area (Å²) >= 11 is 0. The van der Waals surface area contributed by atoms with Crippen LogP contribution < -0.4 is 0 Å². The number of amides is 1. The van der Waals surface area contributed by atoms with Crippen molar-refractivity contribution in [3.8, 4) is 0 Å². The molecule has 0 spiro atoms. The van der Waals surface area contributed by atoms with Crippen molar-refractivity contribution in [3.63, 3.8) is 0 Å². The molecule has 1 heterocycles. The molecule has 18 heavy (non-hydrogen) atoms. The zero-order valence-electron chi connectivity index (χ0n) is 10.3. The van der Waals surface area contributed by atoms with Crippen LogP contribution in [0.5, 0.6) is 0 Å². The molecule has 1 fully saturated rings. The van der Waals surface area contributed by atoms with Crippen LogP contribution >= 0.6 is 0 Å². The summed E-state index contributed by atoms with van der Waals surface area (Å²) in [6.45, 7) is 5.90. The van der Waals surface area contributed by atoms with E-state index in [9.17, 15) is 13.2 Å². The third-order valence-electron chi connectivity index (χ3n) is 2.51. The van der Waals surface area contributed by atoms with E-state index in [0.29, 0.717) is 13.1 Å². The first-order valence-corrected chi connectivity index (χ1v) is 7.04. The average Bonchev–Trinajstić information content (AvgIpc) is 2.14. The molecule has 1 amide bonds. The molecule has 108 valence electrons. The van der Waals surface area contributed by atoms with E-state index in [1.807, 2.05) is 0 Å². The molecule has 7 heteroatoms. The number of ether oxygens (including phenoxy) is 1. The summed E-state index contributed by atoms with van der Waals surface area (Å²) in [6.07, 6.45) is 0.0576. The Morgan fingerprint density at radius 1 is 1.28 bits per heavy atom. The predicted molar refractivity (Wildman–Crippen MR) is 69.1 cm³/mol. The maximum absolute atomic E-state index is 11.7. The minimum atomic E-state index is -3.99. The molecule has 0 aromatic heterocycles. The number of nitrogens with zero attached hydrogens (tertiary/aromatic N) is 1. The third kappa shape index (κ3) is 5.22. The van der Waals surface area contributed by atoms with Crippen molar-refractivity contribution in [2.24, 2.45) is 0 Å². The maximum atomic E-state index is 11.7. The zero-order chi connectivity index (χ0) is 13.3. The molecule has 1 saturated heterocycles. The van der Waals surface area contributed by atoms with Crippen molar-refractivity contribution in [3.05, 3.63) is 0 Å². The van der Waals surface area contributed by atoms with Crippen molar-refractivity contribution in [1.29, 1.82) is 0 Å². The van der Waals surface area contributed by atoms with Crippen LogP contribution in [0.1, 0.15) is 41.0 Å². The first-order valence-electron chi connectivity index (χ1n) is 5.54. The minimum absolute atomic E-state index is 0. The van der Waals surface area contributed by atoms with Gasteiger partial charge in [0, 0.05) is 13.1 Å². The molecule has 1 rings (SSSR count). The number of rotatable bonds is 1. The normalized spacial score (nSPS) is 18.1. The quantitative estimate of drug-likeness (QED) is 0.742. The molecule has 1 aliphatic heterocycles. The molecule has 0 radical (unpaired) electrons. The summed E-state index contributed by atoms with van der Waals surface area (Å²) in [5, 5.41) is -0.763. The molecular formula is C11H23NO5S. The van der Waals surface area contributed by atoms with Crippen molar-refractivity contribution < 1.29 is 22.5 Å². The summed E-state index contributed by atoms with van der Waals surface area (Å²) in [6, 6.07) is 0. The summed E-state index contributed by atoms with van der Waals surface area (Å²) in [5.74, 6) is 0. The highest BCUT2D eigenvalue weighted by Crippen LogP contribution is 2.19. The second-order valence-electron chi connectivity index (χ2n) is 5.18. The molecule has 1 aliphatic rings. The van der Waals surface area contributed by atoms with E-state index in [1.165, 1.54) is 4.90 Å². The molecule has 6 nitrogen and oxygen atoms in total. The van der Waals surface area contributed by atoms with E-state index in [4.69, 9.17) is 9.29 Å². The van der Waals surface area contributed by atoms with Gasteiger partial charge in [-0.3, -0.25) is 4.55 Å². The molecule has 0 atom stereocenters. The smallest absolute Gasteiger partial charge is 0.410 e. The van der Waals surface area contributed by atoms with E-state index in [0.717, 1.165) is 0 Å². The first-order chi connectivity index (χ1) is 7.59. The lowest BCUT2D eigenvalue weighted by molar-refractivity contribution is 0.0216. The Morgan fingerprint density at radius 2 is 1.72 bits per heavy atom. The van der Waals surface area contributed by atoms with E-state index < -0.39 is 27.1 Å². The van der Waals surface area contributed by atoms with Gasteiger partial charge in [0.1, 0.15) is 5.60 Å². The van der Waals surface area contributed by atoms with Gasteiger partial charge in [-0.2, -0.15) is 8.42 Å². The molecule has 0 bridgehead atoms. The molecule has 0 aromatic carbocycles. The van der Waals surface area contributed by atoms with Gasteiger partial charge in [-0.1, -0.05) is 7.43 Å². The third-order valence-corrected chi connectivity index (χ3v) is 3.83. The Hall–Kier alpha value is -0.820. The second kappa shape index (κ2) is 5.88. The van der Waals surface area contributed by atoms with Crippen LogP contribution in [-0.4, -0.2) is 47.9 Å². The summed E-state index contributed by atoms with van der Waals surface area (Å²) < 4.78 is 35.9. The van der Waals surface area contributed by atoms with Gasteiger partial charge in [0.15, 0.2) is 0 Å². The van der Waals surface area contributed by atoms with Gasteiger partial charge in [0.25, 0.3) is 10.1 Å². The van der Waals surface area contributed by atoms with Gasteiger partial charge in [0.05, 0.1) is 5.25 Å². The molecule has 0 unspecified atom stereocenters. The Morgan fingerprint density at radius 3 is 2.06 bits per heavy atom. The first kappa shape index (κ1) is 17.2. The summed E-state index contributed by atoms with van der Waals surface area (Å²) in [4.78, 5) is 13.1. The average molecular weight is 281 g/mol. The second-order valence-corrected chi connectivity index (χ2v) is 6.88. The lowest BCUT2D eigenvalue weighted by Crippen LogP contribution is -2.44. The Bertz CT molecular complexity index is 377. The highest BCUT2D eigenvalue weighted by molar-refractivity contribution is 7.86. The van der Waals surface area contributed by atoms with Crippen LogP contribution in [0.15, 0.2) is 0 Å². The standard InChI is InChI=1S/C10H19NO5S.CH4/c1-10(2,3)16-9(12)11-6-4-8(5-7-11)17(13,14)15;/h8H,4-7H2,1-3H3,(H,13,14,15);1H4. The van der Waals surface area contributed by atoms with Gasteiger partial charge in [-0.05, 0) is 33.6 Å². The van der Waals surface area contributed by atoms with Gasteiger partial charge >= 0.3 is 6.09 Å². The topological polar surface area (TPSA) is 83.9 Å². The van der Waals surface area contributed by atoms with Crippen molar-refractivity contribution in [2.75, 3.05) is 13.1 Å². The van der Waals surface area contributed by atoms with E-state index in [-0.39, 0.29) is 20.3 Å². The van der Waals surface area contributed by atoms with E-state index in [2.05, 4.69) is 0 Å². The van der Waals surface area contributed by atoms with Crippen LogP contribution in [0.25, 0.3) is 0 Å². The SMILES string of the molecule is C.CC(C)(C)OC(=O)N1CCC(S(=O)(=O)O)CC1. The number of carbonyl (C=O) groups excluding carboxylic acids is 1. The number of hydrogen-bond donors (Lipinski definition) is 1. The number of piperidine rings is 1. The summed E-state index contributed by atoms with van der Waals surface area (Å²) in [5.41, 5.74) is -0.559. The van der Waals surface area contributed by atoms with Gasteiger partial charge in [-0.25, -0.2) is 4.79 Å². The molecule has 0 aliphatic carbocycles. The van der Waals surface area contributed by atoms with Crippen molar-refractivity contribution in [1.82, 2.24) is 4.90 Å². The van der Waals surface area contributed by atoms with E-state index in [1.54, 1.807) is 20.8 Å². The number of likely N-dealkylation sites (tertiary alicyclic amines) is 1. The van der Waals surface area contributed by atoms with Crippen LogP contribution in [-0.2, 0) is 14.9 Å². The fourth-order valence-corrected chi connectivity index (χ4v) is 2.47. The monoisotopic (exact) mass is 281 g/mol. The number of carbonyl (C=O) groups is 1.